The Kier molecular flexibility index (Phi) is 2.39. The Morgan fingerprint density at radius 2 is 2.50 bits per heavy atom. The molecule has 1 aromatic rings. The molecule has 1 N–H and O–H groups in total. The molecule has 0 unspecified atom stereocenters. The molecule has 0 spiro atoms. The van der Waals surface area contributed by atoms with Gasteiger partial charge in [0.25, 0.3) is 0 Å². The fourth-order valence-corrected chi connectivity index (χ4v) is 0.947. The van der Waals surface area contributed by atoms with E-state index < -0.39 is 0 Å². The van der Waals surface area contributed by atoms with Crippen LogP contribution in [-0.2, 0) is 0 Å². The molecule has 1 rings (SSSR count). The number of pyridine rings is 1. The second kappa shape index (κ2) is 3.31. The van der Waals surface area contributed by atoms with E-state index in [1.807, 2.05) is 0 Å². The molecule has 4 heteroatoms. The first-order valence-electron chi connectivity index (χ1n) is 2.62. The van der Waals surface area contributed by atoms with E-state index in [-0.39, 0.29) is 0 Å². The van der Waals surface area contributed by atoms with Crippen LogP contribution >= 0.6 is 15.9 Å². The molecule has 0 atom stereocenters. The van der Waals surface area contributed by atoms with Crippen molar-refractivity contribution in [2.24, 2.45) is 5.16 Å². The molecule has 3 nitrogen and oxygen atoms in total. The average Bonchev–Trinajstić information content (AvgIpc) is 1.88. The van der Waals surface area contributed by atoms with E-state index in [0.29, 0.717) is 0 Å². The summed E-state index contributed by atoms with van der Waals surface area (Å²) in [4.78, 5) is 3.90. The van der Waals surface area contributed by atoms with Crippen LogP contribution in [0.4, 0.5) is 0 Å². The Hall–Kier alpha value is -0.900. The lowest BCUT2D eigenvalue weighted by Gasteiger charge is -1.89. The van der Waals surface area contributed by atoms with Crippen LogP contribution in [0.15, 0.2) is 28.1 Å². The van der Waals surface area contributed by atoms with Crippen molar-refractivity contribution in [1.82, 2.24) is 4.98 Å². The minimum atomic E-state index is 0.727. The summed E-state index contributed by atoms with van der Waals surface area (Å²) in [6.07, 6.45) is 2.97. The lowest BCUT2D eigenvalue weighted by Crippen LogP contribution is -1.81. The van der Waals surface area contributed by atoms with Crippen molar-refractivity contribution in [2.45, 2.75) is 0 Å². The molecule has 0 radical (unpaired) electrons. The van der Waals surface area contributed by atoms with Crippen molar-refractivity contribution in [2.75, 3.05) is 0 Å². The smallest absolute Gasteiger partial charge is 0.106 e. The van der Waals surface area contributed by atoms with Crippen LogP contribution in [0, 0.1) is 0 Å². The molecule has 52 valence electrons. The summed E-state index contributed by atoms with van der Waals surface area (Å²) in [5, 5.41) is 11.0. The number of hydrogen-bond acceptors (Lipinski definition) is 3. The van der Waals surface area contributed by atoms with Gasteiger partial charge in [0.05, 0.1) is 6.21 Å². The summed E-state index contributed by atoms with van der Waals surface area (Å²) in [5.74, 6) is 0. The molecule has 0 bridgehead atoms. The quantitative estimate of drug-likeness (QED) is 0.325. The molecule has 1 aromatic heterocycles. The van der Waals surface area contributed by atoms with E-state index in [1.54, 1.807) is 18.3 Å². The van der Waals surface area contributed by atoms with Crippen LogP contribution in [0.2, 0.25) is 0 Å². The molecular formula is C6H5BrN2O. The van der Waals surface area contributed by atoms with Crippen LogP contribution in [0.3, 0.4) is 0 Å². The molecule has 0 saturated heterocycles. The minimum absolute atomic E-state index is 0.727. The minimum Gasteiger partial charge on any atom is -0.411 e. The van der Waals surface area contributed by atoms with Gasteiger partial charge in [0.15, 0.2) is 0 Å². The predicted octanol–water partition coefficient (Wildman–Crippen LogP) is 1.65. The highest BCUT2D eigenvalue weighted by Crippen LogP contribution is 2.05. The van der Waals surface area contributed by atoms with Crippen molar-refractivity contribution >= 4 is 22.1 Å². The Morgan fingerprint density at radius 1 is 1.70 bits per heavy atom. The monoisotopic (exact) mass is 200 g/mol. The average molecular weight is 201 g/mol. The number of nitrogens with zero attached hydrogens (tertiary/aromatic N) is 2. The third kappa shape index (κ3) is 1.80. The highest BCUT2D eigenvalue weighted by atomic mass is 79.9. The number of hydrogen-bond donors (Lipinski definition) is 1. The molecule has 0 saturated carbocycles. The van der Waals surface area contributed by atoms with Crippen LogP contribution in [0.5, 0.6) is 0 Å². The Balaban J connectivity index is 2.95. The summed E-state index contributed by atoms with van der Waals surface area (Å²) >= 11 is 3.18. The Labute approximate surface area is 66.5 Å². The predicted molar refractivity (Wildman–Crippen MR) is 41.3 cm³/mol. The van der Waals surface area contributed by atoms with E-state index in [9.17, 15) is 0 Å². The number of rotatable bonds is 1. The maximum Gasteiger partial charge on any atom is 0.106 e. The third-order valence-electron chi connectivity index (χ3n) is 0.957. The van der Waals surface area contributed by atoms with E-state index >= 15 is 0 Å². The maximum atomic E-state index is 8.14. The number of halogens is 1. The van der Waals surface area contributed by atoms with Gasteiger partial charge in [-0.2, -0.15) is 0 Å². The topological polar surface area (TPSA) is 45.5 Å². The first-order chi connectivity index (χ1) is 4.83. The molecule has 0 aliphatic heterocycles. The van der Waals surface area contributed by atoms with Gasteiger partial charge in [-0.1, -0.05) is 5.16 Å². The maximum absolute atomic E-state index is 8.14. The van der Waals surface area contributed by atoms with Crippen molar-refractivity contribution in [3.8, 4) is 0 Å². The number of aromatic nitrogens is 1. The third-order valence-corrected chi connectivity index (χ3v) is 1.39. The highest BCUT2D eigenvalue weighted by Gasteiger charge is 1.88. The van der Waals surface area contributed by atoms with Crippen molar-refractivity contribution in [1.29, 1.82) is 0 Å². The van der Waals surface area contributed by atoms with Gasteiger partial charge in [0, 0.05) is 11.8 Å². The molecule has 0 fully saturated rings. The van der Waals surface area contributed by atoms with Crippen LogP contribution in [-0.4, -0.2) is 16.4 Å². The molecule has 1 heterocycles. The number of oxime groups is 1. The molecule has 10 heavy (non-hydrogen) atoms. The van der Waals surface area contributed by atoms with Gasteiger partial charge in [-0.3, -0.25) is 0 Å². The normalized spacial score (nSPS) is 10.5. The van der Waals surface area contributed by atoms with Gasteiger partial charge in [0.1, 0.15) is 4.60 Å². The Morgan fingerprint density at radius 3 is 3.10 bits per heavy atom. The fourth-order valence-electron chi connectivity index (χ4n) is 0.564. The summed E-state index contributed by atoms with van der Waals surface area (Å²) in [7, 11) is 0. The first kappa shape index (κ1) is 7.21. The van der Waals surface area contributed by atoms with Gasteiger partial charge >= 0.3 is 0 Å². The van der Waals surface area contributed by atoms with Gasteiger partial charge in [0.2, 0.25) is 0 Å². The Bertz CT molecular complexity index is 249. The van der Waals surface area contributed by atoms with Crippen molar-refractivity contribution < 1.29 is 5.21 Å². The molecule has 0 aliphatic rings. The van der Waals surface area contributed by atoms with E-state index in [0.717, 1.165) is 10.2 Å². The van der Waals surface area contributed by atoms with E-state index in [4.69, 9.17) is 5.21 Å². The largest absolute Gasteiger partial charge is 0.411 e. The first-order valence-corrected chi connectivity index (χ1v) is 3.41. The van der Waals surface area contributed by atoms with Gasteiger partial charge in [-0.05, 0) is 28.1 Å². The summed E-state index contributed by atoms with van der Waals surface area (Å²) in [6.45, 7) is 0. The van der Waals surface area contributed by atoms with Crippen LogP contribution < -0.4 is 0 Å². The summed E-state index contributed by atoms with van der Waals surface area (Å²) < 4.78 is 0.727. The van der Waals surface area contributed by atoms with Crippen molar-refractivity contribution in [3.63, 3.8) is 0 Å². The van der Waals surface area contributed by atoms with Gasteiger partial charge in [-0.25, -0.2) is 4.98 Å². The second-order valence-corrected chi connectivity index (χ2v) is 2.47. The zero-order valence-corrected chi connectivity index (χ0v) is 6.62. The lowest BCUT2D eigenvalue weighted by atomic mass is 10.3. The molecular weight excluding hydrogens is 196 g/mol. The van der Waals surface area contributed by atoms with E-state index in [2.05, 4.69) is 26.1 Å². The zero-order valence-electron chi connectivity index (χ0n) is 5.03. The summed E-state index contributed by atoms with van der Waals surface area (Å²) in [5.41, 5.74) is 0.810. The fraction of sp³-hybridized carbons (Fsp3) is 0. The van der Waals surface area contributed by atoms with Crippen LogP contribution in [0.25, 0.3) is 0 Å². The molecule has 0 amide bonds. The molecule has 0 aromatic carbocycles. The highest BCUT2D eigenvalue weighted by molar-refractivity contribution is 9.10. The summed E-state index contributed by atoms with van der Waals surface area (Å²) in [6, 6.07) is 3.49. The standard InChI is InChI=1S/C6H5BrN2O/c7-6-3-5(4-9-10)1-2-8-6/h1-4,10H/b9-4+. The van der Waals surface area contributed by atoms with Gasteiger partial charge < -0.3 is 5.21 Å². The second-order valence-electron chi connectivity index (χ2n) is 1.66. The van der Waals surface area contributed by atoms with Gasteiger partial charge in [-0.15, -0.1) is 0 Å². The molecule has 0 aliphatic carbocycles. The SMILES string of the molecule is O/N=C/c1ccnc(Br)c1. The van der Waals surface area contributed by atoms with E-state index in [1.165, 1.54) is 6.21 Å². The van der Waals surface area contributed by atoms with Crippen LogP contribution in [0.1, 0.15) is 5.56 Å². The zero-order chi connectivity index (χ0) is 7.40. The van der Waals surface area contributed by atoms with Crippen molar-refractivity contribution in [3.05, 3.63) is 28.5 Å². The lowest BCUT2D eigenvalue weighted by molar-refractivity contribution is 0.322.